The molecular formula is C12H10OS. The van der Waals surface area contributed by atoms with Gasteiger partial charge in [0.2, 0.25) is 5.78 Å². The molecule has 0 unspecified atom stereocenters. The van der Waals surface area contributed by atoms with Crippen molar-refractivity contribution in [2.24, 2.45) is 0 Å². The lowest BCUT2D eigenvalue weighted by molar-refractivity contribution is 0.104. The zero-order valence-electron chi connectivity index (χ0n) is 7.86. The quantitative estimate of drug-likeness (QED) is 0.683. The molecule has 2 aromatic rings. The predicted octanol–water partition coefficient (Wildman–Crippen LogP) is 3.29. The first-order valence-corrected chi connectivity index (χ1v) is 5.30. The average Bonchev–Trinajstić information content (AvgIpc) is 2.71. The van der Waals surface area contributed by atoms with Gasteiger partial charge in [0.1, 0.15) is 0 Å². The van der Waals surface area contributed by atoms with Crippen LogP contribution >= 0.6 is 11.3 Å². The number of rotatable bonds is 2. The summed E-state index contributed by atoms with van der Waals surface area (Å²) in [6, 6.07) is 11.4. The first kappa shape index (κ1) is 9.16. The zero-order chi connectivity index (χ0) is 9.97. The Kier molecular flexibility index (Phi) is 2.46. The Bertz CT molecular complexity index is 426. The second-order valence-electron chi connectivity index (χ2n) is 3.17. The van der Waals surface area contributed by atoms with E-state index in [4.69, 9.17) is 0 Å². The van der Waals surface area contributed by atoms with Gasteiger partial charge in [-0.2, -0.15) is 0 Å². The lowest BCUT2D eigenvalue weighted by atomic mass is 10.1. The van der Waals surface area contributed by atoms with E-state index in [1.807, 2.05) is 48.7 Å². The molecule has 2 rings (SSSR count). The van der Waals surface area contributed by atoms with Crippen molar-refractivity contribution in [1.82, 2.24) is 0 Å². The number of carbonyl (C=O) groups is 1. The minimum absolute atomic E-state index is 0.111. The highest BCUT2D eigenvalue weighted by atomic mass is 32.1. The molecule has 0 aliphatic carbocycles. The number of aryl methyl sites for hydroxylation is 1. The summed E-state index contributed by atoms with van der Waals surface area (Å²) in [4.78, 5) is 12.6. The highest BCUT2D eigenvalue weighted by molar-refractivity contribution is 7.12. The van der Waals surface area contributed by atoms with E-state index < -0.39 is 0 Å². The molecule has 1 nitrogen and oxygen atoms in total. The molecule has 0 fully saturated rings. The van der Waals surface area contributed by atoms with E-state index in [0.29, 0.717) is 0 Å². The molecule has 0 aliphatic rings. The summed E-state index contributed by atoms with van der Waals surface area (Å²) in [6.07, 6.45) is 0. The number of carbonyl (C=O) groups excluding carboxylic acids is 1. The molecule has 2 heteroatoms. The Morgan fingerprint density at radius 2 is 1.86 bits per heavy atom. The maximum absolute atomic E-state index is 11.8. The van der Waals surface area contributed by atoms with Gasteiger partial charge in [0.25, 0.3) is 0 Å². The van der Waals surface area contributed by atoms with Gasteiger partial charge in [0.15, 0.2) is 0 Å². The Balaban J connectivity index is 2.33. The molecule has 0 amide bonds. The monoisotopic (exact) mass is 202 g/mol. The Hall–Kier alpha value is -1.41. The zero-order valence-corrected chi connectivity index (χ0v) is 8.67. The van der Waals surface area contributed by atoms with E-state index in [9.17, 15) is 4.79 Å². The summed E-state index contributed by atoms with van der Waals surface area (Å²) in [6.45, 7) is 2.01. The normalized spacial score (nSPS) is 10.1. The van der Waals surface area contributed by atoms with Crippen molar-refractivity contribution in [2.75, 3.05) is 0 Å². The van der Waals surface area contributed by atoms with Crippen LogP contribution in [0.15, 0.2) is 41.8 Å². The number of hydrogen-bond acceptors (Lipinski definition) is 2. The van der Waals surface area contributed by atoms with E-state index in [0.717, 1.165) is 10.4 Å². The molecule has 1 aromatic carbocycles. The van der Waals surface area contributed by atoms with Crippen molar-refractivity contribution in [3.63, 3.8) is 0 Å². The number of benzene rings is 1. The summed E-state index contributed by atoms with van der Waals surface area (Å²) in [5.41, 5.74) is 1.94. The standard InChI is InChI=1S/C12H10OS/c1-9-4-6-10(7-5-9)12(13)11-3-2-8-14-11/h2-8H,1H3. The van der Waals surface area contributed by atoms with Crippen LogP contribution in [0, 0.1) is 6.92 Å². The van der Waals surface area contributed by atoms with E-state index in [1.165, 1.54) is 16.9 Å². The third-order valence-corrected chi connectivity index (χ3v) is 2.93. The predicted molar refractivity (Wildman–Crippen MR) is 58.9 cm³/mol. The first-order chi connectivity index (χ1) is 6.77. The van der Waals surface area contributed by atoms with Crippen LogP contribution in [0.25, 0.3) is 0 Å². The molecule has 0 saturated carbocycles. The summed E-state index contributed by atoms with van der Waals surface area (Å²) >= 11 is 1.48. The van der Waals surface area contributed by atoms with Crippen LogP contribution in [0.2, 0.25) is 0 Å². The van der Waals surface area contributed by atoms with Crippen LogP contribution in [0.1, 0.15) is 20.8 Å². The van der Waals surface area contributed by atoms with Crippen molar-refractivity contribution in [2.45, 2.75) is 6.92 Å². The van der Waals surface area contributed by atoms with Crippen molar-refractivity contribution < 1.29 is 4.79 Å². The maximum atomic E-state index is 11.8. The van der Waals surface area contributed by atoms with Crippen LogP contribution in [0.4, 0.5) is 0 Å². The lowest BCUT2D eigenvalue weighted by Gasteiger charge is -1.98. The van der Waals surface area contributed by atoms with Gasteiger partial charge in [-0.3, -0.25) is 4.79 Å². The minimum atomic E-state index is 0.111. The fourth-order valence-electron chi connectivity index (χ4n) is 1.25. The molecule has 1 heterocycles. The second kappa shape index (κ2) is 3.76. The third-order valence-electron chi connectivity index (χ3n) is 2.06. The lowest BCUT2D eigenvalue weighted by Crippen LogP contribution is -1.97. The summed E-state index contributed by atoms with van der Waals surface area (Å²) in [5.74, 6) is 0.111. The molecule has 0 saturated heterocycles. The van der Waals surface area contributed by atoms with Crippen molar-refractivity contribution >= 4 is 17.1 Å². The Morgan fingerprint density at radius 1 is 1.14 bits per heavy atom. The minimum Gasteiger partial charge on any atom is -0.288 e. The van der Waals surface area contributed by atoms with Gasteiger partial charge < -0.3 is 0 Å². The summed E-state index contributed by atoms with van der Waals surface area (Å²) in [5, 5.41) is 1.92. The molecule has 0 N–H and O–H groups in total. The molecule has 0 radical (unpaired) electrons. The fraction of sp³-hybridized carbons (Fsp3) is 0.0833. The topological polar surface area (TPSA) is 17.1 Å². The highest BCUT2D eigenvalue weighted by Crippen LogP contribution is 2.15. The van der Waals surface area contributed by atoms with Gasteiger partial charge in [-0.15, -0.1) is 11.3 Å². The fourth-order valence-corrected chi connectivity index (χ4v) is 1.94. The van der Waals surface area contributed by atoms with Gasteiger partial charge >= 0.3 is 0 Å². The molecule has 0 bridgehead atoms. The molecule has 1 aromatic heterocycles. The Morgan fingerprint density at radius 3 is 2.43 bits per heavy atom. The third kappa shape index (κ3) is 1.75. The highest BCUT2D eigenvalue weighted by Gasteiger charge is 2.08. The van der Waals surface area contributed by atoms with Crippen LogP contribution < -0.4 is 0 Å². The van der Waals surface area contributed by atoms with E-state index >= 15 is 0 Å². The number of thiophene rings is 1. The van der Waals surface area contributed by atoms with Gasteiger partial charge in [0, 0.05) is 5.56 Å². The van der Waals surface area contributed by atoms with Crippen molar-refractivity contribution in [1.29, 1.82) is 0 Å². The summed E-state index contributed by atoms with van der Waals surface area (Å²) < 4.78 is 0. The second-order valence-corrected chi connectivity index (χ2v) is 4.12. The number of ketones is 1. The smallest absolute Gasteiger partial charge is 0.202 e. The average molecular weight is 202 g/mol. The van der Waals surface area contributed by atoms with E-state index in [2.05, 4.69) is 0 Å². The molecule has 0 atom stereocenters. The van der Waals surface area contributed by atoms with Gasteiger partial charge in [-0.05, 0) is 18.4 Å². The van der Waals surface area contributed by atoms with E-state index in [1.54, 1.807) is 0 Å². The van der Waals surface area contributed by atoms with Crippen LogP contribution in [0.3, 0.4) is 0 Å². The first-order valence-electron chi connectivity index (χ1n) is 4.42. The maximum Gasteiger partial charge on any atom is 0.202 e. The molecule has 14 heavy (non-hydrogen) atoms. The molecule has 0 aliphatic heterocycles. The summed E-state index contributed by atoms with van der Waals surface area (Å²) in [7, 11) is 0. The van der Waals surface area contributed by atoms with Crippen LogP contribution in [-0.2, 0) is 0 Å². The number of hydrogen-bond donors (Lipinski definition) is 0. The van der Waals surface area contributed by atoms with Crippen LogP contribution in [-0.4, -0.2) is 5.78 Å². The Labute approximate surface area is 87.0 Å². The van der Waals surface area contributed by atoms with Crippen LogP contribution in [0.5, 0.6) is 0 Å². The van der Waals surface area contributed by atoms with Gasteiger partial charge in [-0.1, -0.05) is 35.9 Å². The van der Waals surface area contributed by atoms with Gasteiger partial charge in [0.05, 0.1) is 4.88 Å². The SMILES string of the molecule is Cc1ccc(C(=O)c2cccs2)cc1. The van der Waals surface area contributed by atoms with E-state index in [-0.39, 0.29) is 5.78 Å². The van der Waals surface area contributed by atoms with Crippen molar-refractivity contribution in [3.8, 4) is 0 Å². The van der Waals surface area contributed by atoms with Gasteiger partial charge in [-0.25, -0.2) is 0 Å². The molecule has 0 spiro atoms. The molecule has 70 valence electrons. The van der Waals surface area contributed by atoms with Crippen molar-refractivity contribution in [3.05, 3.63) is 57.8 Å². The largest absolute Gasteiger partial charge is 0.288 e. The molecular weight excluding hydrogens is 192 g/mol.